The van der Waals surface area contributed by atoms with Crippen LogP contribution in [0, 0.1) is 10.1 Å². The van der Waals surface area contributed by atoms with Gasteiger partial charge in [-0.2, -0.15) is 0 Å². The molecule has 132 valence electrons. The van der Waals surface area contributed by atoms with Gasteiger partial charge in [0.05, 0.1) is 9.82 Å². The Morgan fingerprint density at radius 2 is 1.76 bits per heavy atom. The monoisotopic (exact) mass is 364 g/mol. The van der Waals surface area contributed by atoms with Crippen LogP contribution in [0.5, 0.6) is 0 Å². The third-order valence-corrected chi connectivity index (χ3v) is 4.72. The van der Waals surface area contributed by atoms with Gasteiger partial charge in [-0.25, -0.2) is 13.1 Å². The maximum absolute atomic E-state index is 12.1. The highest BCUT2D eigenvalue weighted by Crippen LogP contribution is 2.15. The predicted molar refractivity (Wildman–Crippen MR) is 89.0 cm³/mol. The first-order chi connectivity index (χ1) is 11.9. The molecule has 0 spiro atoms. The third kappa shape index (κ3) is 5.62. The minimum atomic E-state index is -3.83. The predicted octanol–water partition coefficient (Wildman–Crippen LogP) is 0.975. The molecule has 1 aromatic carbocycles. The van der Waals surface area contributed by atoms with Crippen LogP contribution < -0.4 is 10.0 Å². The van der Waals surface area contributed by atoms with Gasteiger partial charge < -0.3 is 5.32 Å². The fourth-order valence-corrected chi connectivity index (χ4v) is 2.95. The van der Waals surface area contributed by atoms with Gasteiger partial charge in [-0.1, -0.05) is 0 Å². The van der Waals surface area contributed by atoms with Crippen molar-refractivity contribution in [1.82, 2.24) is 15.0 Å². The second-order valence-electron chi connectivity index (χ2n) is 5.03. The van der Waals surface area contributed by atoms with Gasteiger partial charge in [-0.15, -0.1) is 0 Å². The molecule has 0 saturated carbocycles. The molecule has 0 bridgehead atoms. The normalized spacial score (nSPS) is 11.0. The van der Waals surface area contributed by atoms with E-state index in [0.29, 0.717) is 6.54 Å². The molecular formula is C15H16N4O5S. The lowest BCUT2D eigenvalue weighted by atomic mass is 10.2. The highest BCUT2D eigenvalue weighted by atomic mass is 32.2. The summed E-state index contributed by atoms with van der Waals surface area (Å²) in [7, 11) is -3.83. The van der Waals surface area contributed by atoms with E-state index in [4.69, 9.17) is 0 Å². The van der Waals surface area contributed by atoms with Crippen LogP contribution in [-0.2, 0) is 21.4 Å². The van der Waals surface area contributed by atoms with Crippen molar-refractivity contribution in [3.05, 3.63) is 64.5 Å². The van der Waals surface area contributed by atoms with Gasteiger partial charge in [0.15, 0.2) is 0 Å². The largest absolute Gasteiger partial charge is 0.352 e. The first-order valence-corrected chi connectivity index (χ1v) is 8.76. The van der Waals surface area contributed by atoms with E-state index in [9.17, 15) is 23.3 Å². The molecule has 0 aliphatic carbocycles. The molecule has 1 heterocycles. The molecule has 9 nitrogen and oxygen atoms in total. The highest BCUT2D eigenvalue weighted by molar-refractivity contribution is 7.89. The van der Waals surface area contributed by atoms with Crippen LogP contribution in [0.1, 0.15) is 12.0 Å². The molecule has 2 N–H and O–H groups in total. The number of rotatable bonds is 8. The van der Waals surface area contributed by atoms with E-state index in [1.165, 1.54) is 0 Å². The zero-order valence-electron chi connectivity index (χ0n) is 13.1. The number of hydrogen-bond donors (Lipinski definition) is 2. The van der Waals surface area contributed by atoms with Gasteiger partial charge in [0.1, 0.15) is 0 Å². The fraction of sp³-hybridized carbons (Fsp3) is 0.200. The lowest BCUT2D eigenvalue weighted by Crippen LogP contribution is -2.30. The summed E-state index contributed by atoms with van der Waals surface area (Å²) in [5, 5.41) is 13.2. The molecule has 0 atom stereocenters. The smallest absolute Gasteiger partial charge is 0.269 e. The van der Waals surface area contributed by atoms with Gasteiger partial charge in [0.2, 0.25) is 15.9 Å². The van der Waals surface area contributed by atoms with Gasteiger partial charge in [-0.05, 0) is 29.8 Å². The lowest BCUT2D eigenvalue weighted by molar-refractivity contribution is -0.384. The standard InChI is InChI=1S/C15H16N4O5S/c20-15(17-11-12-5-8-16-9-6-12)7-10-18-25(23,24)14-3-1-13(2-4-14)19(21)22/h1-6,8-9,18H,7,10-11H2,(H,17,20). The molecule has 25 heavy (non-hydrogen) atoms. The molecule has 0 fully saturated rings. The van der Waals surface area contributed by atoms with Gasteiger partial charge in [0.25, 0.3) is 5.69 Å². The van der Waals surface area contributed by atoms with Crippen molar-refractivity contribution in [1.29, 1.82) is 0 Å². The second-order valence-corrected chi connectivity index (χ2v) is 6.80. The van der Waals surface area contributed by atoms with E-state index in [2.05, 4.69) is 15.0 Å². The number of nitrogens with zero attached hydrogens (tertiary/aromatic N) is 2. The average molecular weight is 364 g/mol. The van der Waals surface area contributed by atoms with Crippen LogP contribution in [0.25, 0.3) is 0 Å². The van der Waals surface area contributed by atoms with Gasteiger partial charge in [0, 0.05) is 44.0 Å². The number of nitro groups is 1. The summed E-state index contributed by atoms with van der Waals surface area (Å²) in [6, 6.07) is 8.02. The van der Waals surface area contributed by atoms with Crippen LogP contribution in [0.15, 0.2) is 53.7 Å². The van der Waals surface area contributed by atoms with Crippen molar-refractivity contribution < 1.29 is 18.1 Å². The Morgan fingerprint density at radius 3 is 2.36 bits per heavy atom. The topological polar surface area (TPSA) is 131 Å². The number of hydrogen-bond acceptors (Lipinski definition) is 6. The Labute approximate surface area is 144 Å². The van der Waals surface area contributed by atoms with Crippen LogP contribution in [-0.4, -0.2) is 30.8 Å². The molecule has 0 saturated heterocycles. The first-order valence-electron chi connectivity index (χ1n) is 7.28. The highest BCUT2D eigenvalue weighted by Gasteiger charge is 2.15. The fourth-order valence-electron chi connectivity index (χ4n) is 1.92. The van der Waals surface area contributed by atoms with Crippen molar-refractivity contribution in [2.45, 2.75) is 17.9 Å². The number of sulfonamides is 1. The molecule has 1 aromatic heterocycles. The molecule has 10 heteroatoms. The molecule has 0 unspecified atom stereocenters. The Kier molecular flexibility index (Phi) is 6.14. The Balaban J connectivity index is 1.81. The summed E-state index contributed by atoms with van der Waals surface area (Å²) in [6.45, 7) is 0.248. The molecule has 0 radical (unpaired) electrons. The van der Waals surface area contributed by atoms with E-state index < -0.39 is 14.9 Å². The molecule has 2 rings (SSSR count). The molecule has 1 amide bonds. The number of carbonyl (C=O) groups excluding carboxylic acids is 1. The number of nitrogens with one attached hydrogen (secondary N) is 2. The van der Waals surface area contributed by atoms with Crippen molar-refractivity contribution >= 4 is 21.6 Å². The van der Waals surface area contributed by atoms with Crippen molar-refractivity contribution in [3.63, 3.8) is 0 Å². The number of nitro benzene ring substituents is 1. The summed E-state index contributed by atoms with van der Waals surface area (Å²) < 4.78 is 26.4. The van der Waals surface area contributed by atoms with E-state index in [0.717, 1.165) is 29.8 Å². The van der Waals surface area contributed by atoms with Crippen LogP contribution in [0.3, 0.4) is 0 Å². The summed E-state index contributed by atoms with van der Waals surface area (Å²) in [5.74, 6) is -0.303. The lowest BCUT2D eigenvalue weighted by Gasteiger charge is -2.07. The van der Waals surface area contributed by atoms with Crippen molar-refractivity contribution in [2.24, 2.45) is 0 Å². The number of amides is 1. The number of aromatic nitrogens is 1. The van der Waals surface area contributed by atoms with E-state index >= 15 is 0 Å². The summed E-state index contributed by atoms with van der Waals surface area (Å²) in [5.41, 5.74) is 0.684. The summed E-state index contributed by atoms with van der Waals surface area (Å²) in [4.78, 5) is 25.4. The minimum Gasteiger partial charge on any atom is -0.352 e. The van der Waals surface area contributed by atoms with Gasteiger partial charge >= 0.3 is 0 Å². The van der Waals surface area contributed by atoms with Gasteiger partial charge in [-0.3, -0.25) is 19.9 Å². The summed E-state index contributed by atoms with van der Waals surface area (Å²) >= 11 is 0. The number of non-ortho nitro benzene ring substituents is 1. The maximum atomic E-state index is 12.1. The summed E-state index contributed by atoms with van der Waals surface area (Å²) in [6.07, 6.45) is 3.19. The zero-order valence-corrected chi connectivity index (χ0v) is 13.9. The Hall–Kier alpha value is -2.85. The van der Waals surface area contributed by atoms with E-state index in [1.54, 1.807) is 24.5 Å². The molecule has 2 aromatic rings. The Bertz CT molecular complexity index is 838. The van der Waals surface area contributed by atoms with Crippen LogP contribution in [0.2, 0.25) is 0 Å². The van der Waals surface area contributed by atoms with Crippen molar-refractivity contribution in [2.75, 3.05) is 6.54 Å². The average Bonchev–Trinajstić information content (AvgIpc) is 2.61. The molecule has 0 aliphatic rings. The van der Waals surface area contributed by atoms with Crippen LogP contribution >= 0.6 is 0 Å². The number of benzene rings is 1. The first kappa shape index (κ1) is 18.5. The number of carbonyl (C=O) groups is 1. The SMILES string of the molecule is O=C(CCNS(=O)(=O)c1ccc([N+](=O)[O-])cc1)NCc1ccncc1. The zero-order chi connectivity index (χ0) is 18.3. The third-order valence-electron chi connectivity index (χ3n) is 3.24. The van der Waals surface area contributed by atoms with Crippen LogP contribution in [0.4, 0.5) is 5.69 Å². The quantitative estimate of drug-likeness (QED) is 0.530. The van der Waals surface area contributed by atoms with E-state index in [-0.39, 0.29) is 29.5 Å². The van der Waals surface area contributed by atoms with E-state index in [1.807, 2.05) is 0 Å². The molecular weight excluding hydrogens is 348 g/mol. The molecule has 0 aliphatic heterocycles. The Morgan fingerprint density at radius 1 is 1.12 bits per heavy atom. The minimum absolute atomic E-state index is 0.0305. The maximum Gasteiger partial charge on any atom is 0.269 e. The van der Waals surface area contributed by atoms with Crippen molar-refractivity contribution in [3.8, 4) is 0 Å². The second kappa shape index (κ2) is 8.31. The number of pyridine rings is 1.